The first kappa shape index (κ1) is 15.1. The maximum atomic E-state index is 14.2. The number of piperidine rings is 1. The molecule has 1 atom stereocenters. The van der Waals surface area contributed by atoms with E-state index in [1.807, 2.05) is 4.90 Å². The molecule has 0 unspecified atom stereocenters. The molecule has 4 heterocycles. The van der Waals surface area contributed by atoms with Crippen LogP contribution in [0.15, 0.2) is 6.20 Å². The van der Waals surface area contributed by atoms with Gasteiger partial charge in [0.05, 0.1) is 19.4 Å². The molecule has 0 bridgehead atoms. The zero-order valence-electron chi connectivity index (χ0n) is 13.4. The molecule has 0 aliphatic carbocycles. The molecule has 1 aromatic rings. The molecule has 3 saturated heterocycles. The minimum Gasteiger partial charge on any atom is -0.378 e. The summed E-state index contributed by atoms with van der Waals surface area (Å²) in [6.07, 6.45) is 4.94. The van der Waals surface area contributed by atoms with E-state index in [0.29, 0.717) is 43.5 Å². The van der Waals surface area contributed by atoms with E-state index in [9.17, 15) is 4.39 Å². The second-order valence-corrected chi connectivity index (χ2v) is 6.89. The fourth-order valence-electron chi connectivity index (χ4n) is 4.02. The third-order valence-electron chi connectivity index (χ3n) is 5.30. The van der Waals surface area contributed by atoms with Gasteiger partial charge in [0, 0.05) is 38.1 Å². The Bertz CT molecular complexity index is 557. The van der Waals surface area contributed by atoms with Gasteiger partial charge in [0.1, 0.15) is 0 Å². The van der Waals surface area contributed by atoms with E-state index >= 15 is 0 Å². The molecule has 1 spiro atoms. The normalized spacial score (nSPS) is 28.6. The molecule has 0 saturated carbocycles. The van der Waals surface area contributed by atoms with E-state index in [-0.39, 0.29) is 5.82 Å². The van der Waals surface area contributed by atoms with Crippen LogP contribution < -0.4 is 15.1 Å². The molecule has 0 radical (unpaired) electrons. The van der Waals surface area contributed by atoms with Crippen molar-refractivity contribution in [2.45, 2.75) is 19.3 Å². The lowest BCUT2D eigenvalue weighted by Crippen LogP contribution is -2.45. The molecule has 7 heteroatoms. The van der Waals surface area contributed by atoms with Gasteiger partial charge in [0.25, 0.3) is 0 Å². The Morgan fingerprint density at radius 2 is 2.04 bits per heavy atom. The summed E-state index contributed by atoms with van der Waals surface area (Å²) in [5.41, 5.74) is 0.342. The topological polar surface area (TPSA) is 53.5 Å². The van der Waals surface area contributed by atoms with E-state index in [0.717, 1.165) is 32.6 Å². The van der Waals surface area contributed by atoms with E-state index in [1.54, 1.807) is 0 Å². The molecule has 1 N–H and O–H groups in total. The summed E-state index contributed by atoms with van der Waals surface area (Å²) in [7, 11) is 0. The number of ether oxygens (including phenoxy) is 1. The molecular formula is C16H24FN5O. The van der Waals surface area contributed by atoms with Gasteiger partial charge in [-0.15, -0.1) is 0 Å². The molecular weight excluding hydrogens is 297 g/mol. The fraction of sp³-hybridized carbons (Fsp3) is 0.750. The van der Waals surface area contributed by atoms with Crippen LogP contribution in [0.1, 0.15) is 19.3 Å². The Morgan fingerprint density at radius 1 is 1.17 bits per heavy atom. The van der Waals surface area contributed by atoms with Gasteiger partial charge in [-0.1, -0.05) is 0 Å². The molecule has 6 nitrogen and oxygen atoms in total. The molecule has 3 aliphatic rings. The van der Waals surface area contributed by atoms with Crippen molar-refractivity contribution in [3.63, 3.8) is 0 Å². The number of anilines is 2. The highest BCUT2D eigenvalue weighted by Crippen LogP contribution is 2.36. The van der Waals surface area contributed by atoms with Crippen LogP contribution in [0.3, 0.4) is 0 Å². The Balaban J connectivity index is 1.56. The summed E-state index contributed by atoms with van der Waals surface area (Å²) in [6, 6.07) is 0. The third-order valence-corrected chi connectivity index (χ3v) is 5.30. The highest BCUT2D eigenvalue weighted by molar-refractivity contribution is 5.45. The Kier molecular flexibility index (Phi) is 4.07. The minimum absolute atomic E-state index is 0.342. The van der Waals surface area contributed by atoms with Gasteiger partial charge in [0.2, 0.25) is 5.95 Å². The van der Waals surface area contributed by atoms with Gasteiger partial charge in [0.15, 0.2) is 11.6 Å². The lowest BCUT2D eigenvalue weighted by molar-refractivity contribution is 0.122. The van der Waals surface area contributed by atoms with Crippen molar-refractivity contribution in [1.29, 1.82) is 0 Å². The van der Waals surface area contributed by atoms with Gasteiger partial charge in [-0.3, -0.25) is 0 Å². The Morgan fingerprint density at radius 3 is 2.83 bits per heavy atom. The molecule has 0 aromatic carbocycles. The summed E-state index contributed by atoms with van der Waals surface area (Å²) < 4.78 is 19.5. The van der Waals surface area contributed by atoms with Gasteiger partial charge in [-0.25, -0.2) is 9.37 Å². The molecule has 126 valence electrons. The largest absolute Gasteiger partial charge is 0.378 e. The van der Waals surface area contributed by atoms with Crippen molar-refractivity contribution in [3.05, 3.63) is 12.0 Å². The van der Waals surface area contributed by atoms with Crippen molar-refractivity contribution >= 4 is 11.8 Å². The van der Waals surface area contributed by atoms with Gasteiger partial charge in [-0.05, 0) is 25.8 Å². The maximum absolute atomic E-state index is 14.2. The number of nitrogens with zero attached hydrogens (tertiary/aromatic N) is 4. The maximum Gasteiger partial charge on any atom is 0.227 e. The first-order valence-electron chi connectivity index (χ1n) is 8.57. The van der Waals surface area contributed by atoms with Crippen molar-refractivity contribution in [2.24, 2.45) is 5.41 Å². The summed E-state index contributed by atoms with van der Waals surface area (Å²) >= 11 is 0. The summed E-state index contributed by atoms with van der Waals surface area (Å²) in [5.74, 6) is 0.742. The van der Waals surface area contributed by atoms with Crippen molar-refractivity contribution in [2.75, 3.05) is 62.3 Å². The standard InChI is InChI=1S/C16H24FN5O/c17-13-10-19-15(20-14(13)21-6-8-23-9-7-21)22-5-1-2-16(12-22)3-4-18-11-16/h10,18H,1-9,11-12H2/t16-/m1/s1. The first-order valence-corrected chi connectivity index (χ1v) is 8.57. The minimum atomic E-state index is -0.343. The van der Waals surface area contributed by atoms with E-state index in [2.05, 4.69) is 20.2 Å². The van der Waals surface area contributed by atoms with Crippen molar-refractivity contribution < 1.29 is 9.13 Å². The molecule has 3 fully saturated rings. The van der Waals surface area contributed by atoms with Crippen LogP contribution in [-0.2, 0) is 4.74 Å². The van der Waals surface area contributed by atoms with Crippen LogP contribution in [0.2, 0.25) is 0 Å². The summed E-state index contributed by atoms with van der Waals surface area (Å²) in [4.78, 5) is 13.0. The van der Waals surface area contributed by atoms with E-state index < -0.39 is 0 Å². The highest BCUT2D eigenvalue weighted by atomic mass is 19.1. The second kappa shape index (κ2) is 6.20. The number of halogens is 1. The zero-order chi connectivity index (χ0) is 15.7. The van der Waals surface area contributed by atoms with E-state index in [4.69, 9.17) is 4.74 Å². The van der Waals surface area contributed by atoms with E-state index in [1.165, 1.54) is 19.0 Å². The lowest BCUT2D eigenvalue weighted by Gasteiger charge is -2.40. The van der Waals surface area contributed by atoms with Crippen LogP contribution in [-0.4, -0.2) is 62.5 Å². The molecule has 23 heavy (non-hydrogen) atoms. The van der Waals surface area contributed by atoms with Crippen molar-refractivity contribution in [3.8, 4) is 0 Å². The summed E-state index contributed by atoms with van der Waals surface area (Å²) in [5, 5.41) is 3.48. The number of hydrogen-bond acceptors (Lipinski definition) is 6. The van der Waals surface area contributed by atoms with Crippen LogP contribution in [0.25, 0.3) is 0 Å². The third kappa shape index (κ3) is 2.99. The highest BCUT2D eigenvalue weighted by Gasteiger charge is 2.38. The van der Waals surface area contributed by atoms with Gasteiger partial charge in [-0.2, -0.15) is 4.98 Å². The number of morpholine rings is 1. The Hall–Kier alpha value is -1.47. The van der Waals surface area contributed by atoms with Crippen molar-refractivity contribution in [1.82, 2.24) is 15.3 Å². The Labute approximate surface area is 136 Å². The number of aromatic nitrogens is 2. The van der Waals surface area contributed by atoms with Crippen LogP contribution >= 0.6 is 0 Å². The number of hydrogen-bond donors (Lipinski definition) is 1. The predicted octanol–water partition coefficient (Wildman–Crippen LogP) is 1.03. The average molecular weight is 321 g/mol. The predicted molar refractivity (Wildman–Crippen MR) is 86.4 cm³/mol. The molecule has 3 aliphatic heterocycles. The molecule has 1 aromatic heterocycles. The van der Waals surface area contributed by atoms with Gasteiger partial charge >= 0.3 is 0 Å². The molecule has 0 amide bonds. The lowest BCUT2D eigenvalue weighted by atomic mass is 9.79. The number of nitrogens with one attached hydrogen (secondary N) is 1. The molecule has 4 rings (SSSR count). The van der Waals surface area contributed by atoms with Crippen LogP contribution in [0.5, 0.6) is 0 Å². The fourth-order valence-corrected chi connectivity index (χ4v) is 4.02. The summed E-state index contributed by atoms with van der Waals surface area (Å²) in [6.45, 7) is 6.69. The number of rotatable bonds is 2. The zero-order valence-corrected chi connectivity index (χ0v) is 13.4. The monoisotopic (exact) mass is 321 g/mol. The van der Waals surface area contributed by atoms with Crippen LogP contribution in [0, 0.1) is 11.2 Å². The second-order valence-electron chi connectivity index (χ2n) is 6.89. The quantitative estimate of drug-likeness (QED) is 0.878. The SMILES string of the molecule is Fc1cnc(N2CCC[C@]3(CCNC3)C2)nc1N1CCOCC1. The van der Waals surface area contributed by atoms with Gasteiger partial charge < -0.3 is 19.9 Å². The van der Waals surface area contributed by atoms with Crippen LogP contribution in [0.4, 0.5) is 16.2 Å². The first-order chi connectivity index (χ1) is 11.3. The average Bonchev–Trinajstić information content (AvgIpc) is 3.04. The smallest absolute Gasteiger partial charge is 0.227 e.